The quantitative estimate of drug-likeness (QED) is 0.357. The van der Waals surface area contributed by atoms with Gasteiger partial charge in [0.05, 0.1) is 14.5 Å². The van der Waals surface area contributed by atoms with E-state index in [-0.39, 0.29) is 18.8 Å². The number of aliphatic hydroxyl groups excluding tert-OH is 2. The van der Waals surface area contributed by atoms with Gasteiger partial charge in [0.25, 0.3) is 0 Å². The van der Waals surface area contributed by atoms with E-state index in [2.05, 4.69) is 52.8 Å². The summed E-state index contributed by atoms with van der Waals surface area (Å²) in [5.74, 6) is 0.333. The Morgan fingerprint density at radius 2 is 1.93 bits per heavy atom. The Balaban J connectivity index is 1.95. The molecule has 152 valence electrons. The van der Waals surface area contributed by atoms with Crippen molar-refractivity contribution in [2.45, 2.75) is 32.0 Å². The van der Waals surface area contributed by atoms with Crippen molar-refractivity contribution in [2.24, 2.45) is 0 Å². The zero-order valence-electron chi connectivity index (χ0n) is 15.6. The Hall–Kier alpha value is -1.19. The van der Waals surface area contributed by atoms with Crippen molar-refractivity contribution in [3.05, 3.63) is 60.1 Å². The van der Waals surface area contributed by atoms with Crippen LogP contribution in [0.25, 0.3) is 10.9 Å². The molecule has 5 nitrogen and oxygen atoms in total. The molecule has 8 heteroatoms. The maximum absolute atomic E-state index is 13.5. The van der Waals surface area contributed by atoms with Crippen LogP contribution in [-0.2, 0) is 5.41 Å². The molecule has 1 heterocycles. The fourth-order valence-electron chi connectivity index (χ4n) is 3.94. The Bertz CT molecular complexity index is 1150. The maximum Gasteiger partial charge on any atom is 0.199 e. The highest BCUT2D eigenvalue weighted by Crippen LogP contribution is 2.51. The number of halogens is 3. The molecule has 3 aromatic rings. The molecule has 0 saturated carbocycles. The molecule has 0 spiro atoms. The molecule has 0 bridgehead atoms. The average Bonchev–Trinajstić information content (AvgIpc) is 3.02. The molecule has 29 heavy (non-hydrogen) atoms. The second kappa shape index (κ2) is 7.50. The summed E-state index contributed by atoms with van der Waals surface area (Å²) in [5, 5.41) is 19.9. The van der Waals surface area contributed by atoms with E-state index in [4.69, 9.17) is 9.84 Å². The first-order valence-electron chi connectivity index (χ1n) is 9.01. The molecule has 0 amide bonds. The standard InChI is InChI=1S/C21H18Br3NO4/c1-21(2)16-11(8-12(23)19(17(16)24)29-14(27)5-6-26)18(28)15-10-4-3-9(22)7-13(10)25-20(15)21/h3-4,7-8,14,25-27H,5-6H2,1-2H3/t14-/m1/s1. The lowest BCUT2D eigenvalue weighted by Gasteiger charge is -2.34. The SMILES string of the molecule is CC1(C)c2[nH]c3cc(Br)ccc3c2C(=O)c2cc(Br)c(O[C@@H](O)CCO)c(Br)c21. The van der Waals surface area contributed by atoms with E-state index < -0.39 is 11.7 Å². The fraction of sp³-hybridized carbons (Fsp3) is 0.286. The van der Waals surface area contributed by atoms with E-state index in [0.29, 0.717) is 25.8 Å². The van der Waals surface area contributed by atoms with E-state index in [1.54, 1.807) is 6.07 Å². The first kappa shape index (κ1) is 21.1. The first-order valence-corrected chi connectivity index (χ1v) is 11.4. The van der Waals surface area contributed by atoms with E-state index in [1.165, 1.54) is 0 Å². The molecular weight excluding hydrogens is 570 g/mol. The number of aromatic amines is 1. The normalized spacial score (nSPS) is 15.9. The van der Waals surface area contributed by atoms with Gasteiger partial charge < -0.3 is 19.9 Å². The largest absolute Gasteiger partial charge is 0.463 e. The highest BCUT2D eigenvalue weighted by Gasteiger charge is 2.42. The van der Waals surface area contributed by atoms with Crippen LogP contribution in [0.1, 0.15) is 47.4 Å². The fourth-order valence-corrected chi connectivity index (χ4v) is 6.10. The lowest BCUT2D eigenvalue weighted by Crippen LogP contribution is -2.31. The van der Waals surface area contributed by atoms with Crippen LogP contribution >= 0.6 is 47.8 Å². The number of nitrogens with one attached hydrogen (secondary N) is 1. The summed E-state index contributed by atoms with van der Waals surface area (Å²) in [6, 6.07) is 7.58. The first-order chi connectivity index (χ1) is 13.7. The summed E-state index contributed by atoms with van der Waals surface area (Å²) < 4.78 is 7.73. The highest BCUT2D eigenvalue weighted by atomic mass is 79.9. The summed E-state index contributed by atoms with van der Waals surface area (Å²) in [5.41, 5.74) is 3.25. The van der Waals surface area contributed by atoms with Gasteiger partial charge in [-0.15, -0.1) is 0 Å². The number of aliphatic hydroxyl groups is 2. The Morgan fingerprint density at radius 1 is 1.21 bits per heavy atom. The maximum atomic E-state index is 13.5. The predicted molar refractivity (Wildman–Crippen MR) is 122 cm³/mol. The van der Waals surface area contributed by atoms with Crippen molar-refractivity contribution < 1.29 is 19.7 Å². The van der Waals surface area contributed by atoms with Crippen LogP contribution in [0, 0.1) is 0 Å². The smallest absolute Gasteiger partial charge is 0.199 e. The van der Waals surface area contributed by atoms with Crippen LogP contribution in [0.15, 0.2) is 37.7 Å². The predicted octanol–water partition coefficient (Wildman–Crippen LogP) is 5.41. The third kappa shape index (κ3) is 3.29. The van der Waals surface area contributed by atoms with Crippen LogP contribution in [0.4, 0.5) is 0 Å². The molecule has 2 aromatic carbocycles. The van der Waals surface area contributed by atoms with Crippen molar-refractivity contribution in [3.8, 4) is 5.75 Å². The second-order valence-corrected chi connectivity index (χ2v) is 10.1. The number of ether oxygens (including phenoxy) is 1. The van der Waals surface area contributed by atoms with Gasteiger partial charge in [-0.1, -0.05) is 35.8 Å². The van der Waals surface area contributed by atoms with Gasteiger partial charge in [0.2, 0.25) is 0 Å². The van der Waals surface area contributed by atoms with Crippen molar-refractivity contribution in [1.29, 1.82) is 0 Å². The number of H-pyrrole nitrogens is 1. The van der Waals surface area contributed by atoms with Crippen molar-refractivity contribution >= 4 is 64.5 Å². The molecule has 0 fully saturated rings. The minimum Gasteiger partial charge on any atom is -0.463 e. The van der Waals surface area contributed by atoms with Crippen LogP contribution in [0.3, 0.4) is 0 Å². The molecule has 3 N–H and O–H groups in total. The highest BCUT2D eigenvalue weighted by molar-refractivity contribution is 9.11. The molecule has 1 aromatic heterocycles. The Morgan fingerprint density at radius 3 is 2.62 bits per heavy atom. The van der Waals surface area contributed by atoms with Gasteiger partial charge in [-0.3, -0.25) is 4.79 Å². The molecular formula is C21H18Br3NO4. The van der Waals surface area contributed by atoms with Gasteiger partial charge in [0.1, 0.15) is 0 Å². The number of aromatic nitrogens is 1. The van der Waals surface area contributed by atoms with Crippen LogP contribution in [-0.4, -0.2) is 33.9 Å². The minimum atomic E-state index is -1.16. The number of hydrogen-bond acceptors (Lipinski definition) is 4. The van der Waals surface area contributed by atoms with Crippen LogP contribution in [0.2, 0.25) is 0 Å². The zero-order chi connectivity index (χ0) is 21.1. The van der Waals surface area contributed by atoms with E-state index in [0.717, 1.165) is 26.6 Å². The summed E-state index contributed by atoms with van der Waals surface area (Å²) in [6.07, 6.45) is -1.08. The molecule has 0 radical (unpaired) electrons. The molecule has 0 aliphatic heterocycles. The van der Waals surface area contributed by atoms with Gasteiger partial charge >= 0.3 is 0 Å². The van der Waals surface area contributed by atoms with Gasteiger partial charge in [0, 0.05) is 45.1 Å². The van der Waals surface area contributed by atoms with E-state index >= 15 is 0 Å². The Labute approximate surface area is 192 Å². The number of benzene rings is 2. The summed E-state index contributed by atoms with van der Waals surface area (Å²) in [4.78, 5) is 16.9. The third-order valence-corrected chi connectivity index (χ3v) is 7.13. The monoisotopic (exact) mass is 585 g/mol. The Kier molecular flexibility index (Phi) is 5.44. The number of ketones is 1. The topological polar surface area (TPSA) is 82.6 Å². The van der Waals surface area contributed by atoms with Crippen molar-refractivity contribution in [1.82, 2.24) is 4.98 Å². The molecule has 0 unspecified atom stereocenters. The third-order valence-electron chi connectivity index (χ3n) is 5.29. The van der Waals surface area contributed by atoms with Gasteiger partial charge in [-0.2, -0.15) is 0 Å². The van der Waals surface area contributed by atoms with Crippen LogP contribution < -0.4 is 4.74 Å². The number of rotatable bonds is 4. The van der Waals surface area contributed by atoms with Crippen molar-refractivity contribution in [3.63, 3.8) is 0 Å². The molecule has 4 rings (SSSR count). The van der Waals surface area contributed by atoms with Gasteiger partial charge in [-0.25, -0.2) is 0 Å². The number of carbonyl (C=O) groups excluding carboxylic acids is 1. The number of carbonyl (C=O) groups is 1. The molecule has 1 atom stereocenters. The van der Waals surface area contributed by atoms with Crippen molar-refractivity contribution in [2.75, 3.05) is 6.61 Å². The second-order valence-electron chi connectivity index (χ2n) is 7.53. The lowest BCUT2D eigenvalue weighted by atomic mass is 9.71. The summed E-state index contributed by atoms with van der Waals surface area (Å²) >= 11 is 10.6. The van der Waals surface area contributed by atoms with Gasteiger partial charge in [-0.05, 0) is 55.6 Å². The average molecular weight is 588 g/mol. The summed E-state index contributed by atoms with van der Waals surface area (Å²) in [6.45, 7) is 3.90. The molecule has 1 aliphatic carbocycles. The summed E-state index contributed by atoms with van der Waals surface area (Å²) in [7, 11) is 0. The molecule has 0 saturated heterocycles. The van der Waals surface area contributed by atoms with E-state index in [1.807, 2.05) is 32.0 Å². The van der Waals surface area contributed by atoms with E-state index in [9.17, 15) is 9.90 Å². The van der Waals surface area contributed by atoms with Gasteiger partial charge in [0.15, 0.2) is 17.8 Å². The number of fused-ring (bicyclic) bond motifs is 4. The lowest BCUT2D eigenvalue weighted by molar-refractivity contribution is -0.0337. The zero-order valence-corrected chi connectivity index (χ0v) is 20.4. The van der Waals surface area contributed by atoms with Crippen LogP contribution in [0.5, 0.6) is 5.75 Å². The molecule has 1 aliphatic rings. The minimum absolute atomic E-state index is 0.0632. The number of hydrogen-bond donors (Lipinski definition) is 3.